The standard InChI is InChI=1S/C6H4BrFN2O2/c7-5-3(9)1-2-4(6(5)8)10(11)12/h1-2H,9H2. The van der Waals surface area contributed by atoms with Gasteiger partial charge < -0.3 is 5.73 Å². The molecule has 12 heavy (non-hydrogen) atoms. The largest absolute Gasteiger partial charge is 0.398 e. The number of nitro benzene ring substituents is 1. The second-order valence-electron chi connectivity index (χ2n) is 2.06. The van der Waals surface area contributed by atoms with Gasteiger partial charge in [-0.25, -0.2) is 0 Å². The minimum atomic E-state index is -0.944. The molecular weight excluding hydrogens is 231 g/mol. The third kappa shape index (κ3) is 1.38. The lowest BCUT2D eigenvalue weighted by molar-refractivity contribution is -0.387. The Bertz CT molecular complexity index is 343. The maximum atomic E-state index is 12.9. The fourth-order valence-corrected chi connectivity index (χ4v) is 1.03. The predicted molar refractivity (Wildman–Crippen MR) is 45.2 cm³/mol. The van der Waals surface area contributed by atoms with Crippen LogP contribution in [-0.4, -0.2) is 4.92 Å². The highest BCUT2D eigenvalue weighted by Gasteiger charge is 2.17. The molecule has 2 N–H and O–H groups in total. The average molecular weight is 235 g/mol. The molecule has 0 saturated heterocycles. The molecule has 0 aliphatic rings. The molecule has 0 bridgehead atoms. The van der Waals surface area contributed by atoms with Crippen molar-refractivity contribution in [3.63, 3.8) is 0 Å². The molecule has 4 nitrogen and oxygen atoms in total. The number of nitrogens with zero attached hydrogens (tertiary/aromatic N) is 1. The third-order valence-corrected chi connectivity index (χ3v) is 2.09. The van der Waals surface area contributed by atoms with Crippen molar-refractivity contribution < 1.29 is 9.31 Å². The van der Waals surface area contributed by atoms with Crippen LogP contribution in [0.1, 0.15) is 0 Å². The van der Waals surface area contributed by atoms with E-state index in [1.807, 2.05) is 0 Å². The minimum absolute atomic E-state index is 0.0725. The summed E-state index contributed by atoms with van der Waals surface area (Å²) >= 11 is 2.79. The number of nitrogens with two attached hydrogens (primary N) is 1. The molecule has 0 radical (unpaired) electrons. The molecule has 64 valence electrons. The smallest absolute Gasteiger partial charge is 0.306 e. The Morgan fingerprint density at radius 2 is 2.17 bits per heavy atom. The fourth-order valence-electron chi connectivity index (χ4n) is 0.695. The van der Waals surface area contributed by atoms with Gasteiger partial charge in [0.15, 0.2) is 0 Å². The summed E-state index contributed by atoms with van der Waals surface area (Å²) in [4.78, 5) is 9.38. The number of nitro groups is 1. The third-order valence-electron chi connectivity index (χ3n) is 1.29. The van der Waals surface area contributed by atoms with Crippen molar-refractivity contribution in [2.45, 2.75) is 0 Å². The molecule has 0 fully saturated rings. The Hall–Kier alpha value is -1.17. The highest BCUT2D eigenvalue weighted by atomic mass is 79.9. The van der Waals surface area contributed by atoms with Crippen molar-refractivity contribution >= 4 is 27.3 Å². The summed E-state index contributed by atoms with van der Waals surface area (Å²) in [7, 11) is 0. The lowest BCUT2D eigenvalue weighted by Crippen LogP contribution is -1.96. The second kappa shape index (κ2) is 3.06. The monoisotopic (exact) mass is 234 g/mol. The van der Waals surface area contributed by atoms with Crippen LogP contribution in [0.4, 0.5) is 15.8 Å². The predicted octanol–water partition coefficient (Wildman–Crippen LogP) is 2.08. The topological polar surface area (TPSA) is 69.2 Å². The van der Waals surface area contributed by atoms with E-state index in [0.29, 0.717) is 0 Å². The first-order valence-corrected chi connectivity index (χ1v) is 3.71. The van der Waals surface area contributed by atoms with Gasteiger partial charge in [0.05, 0.1) is 9.40 Å². The molecule has 0 aliphatic carbocycles. The van der Waals surface area contributed by atoms with Gasteiger partial charge in [-0.05, 0) is 22.0 Å². The summed E-state index contributed by atoms with van der Waals surface area (Å²) in [5.74, 6) is -0.944. The number of anilines is 1. The van der Waals surface area contributed by atoms with Crippen LogP contribution >= 0.6 is 15.9 Å². The molecule has 6 heteroatoms. The number of halogens is 2. The lowest BCUT2D eigenvalue weighted by Gasteiger charge is -1.99. The van der Waals surface area contributed by atoms with Gasteiger partial charge in [-0.1, -0.05) is 0 Å². The molecule has 0 aliphatic heterocycles. The summed E-state index contributed by atoms with van der Waals surface area (Å²) in [6.45, 7) is 0. The molecule has 0 unspecified atom stereocenters. The minimum Gasteiger partial charge on any atom is -0.398 e. The number of hydrogen-bond donors (Lipinski definition) is 1. The van der Waals surface area contributed by atoms with Gasteiger partial charge in [0, 0.05) is 11.8 Å². The highest BCUT2D eigenvalue weighted by Crippen LogP contribution is 2.29. The van der Waals surface area contributed by atoms with Crippen LogP contribution in [0.5, 0.6) is 0 Å². The maximum Gasteiger partial charge on any atom is 0.306 e. The van der Waals surface area contributed by atoms with Gasteiger partial charge in [0.1, 0.15) is 0 Å². The van der Waals surface area contributed by atoms with E-state index in [9.17, 15) is 14.5 Å². The van der Waals surface area contributed by atoms with Crippen molar-refractivity contribution in [1.29, 1.82) is 0 Å². The normalized spacial score (nSPS) is 9.83. The van der Waals surface area contributed by atoms with Crippen LogP contribution in [0.25, 0.3) is 0 Å². The van der Waals surface area contributed by atoms with E-state index >= 15 is 0 Å². The molecule has 0 amide bonds. The van der Waals surface area contributed by atoms with Crippen molar-refractivity contribution in [3.8, 4) is 0 Å². The molecular formula is C6H4BrFN2O2. The summed E-state index contributed by atoms with van der Waals surface area (Å²) in [6, 6.07) is 2.29. The fraction of sp³-hybridized carbons (Fsp3) is 0. The Morgan fingerprint density at radius 3 is 2.67 bits per heavy atom. The number of benzene rings is 1. The van der Waals surface area contributed by atoms with Crippen LogP contribution in [-0.2, 0) is 0 Å². The van der Waals surface area contributed by atoms with E-state index in [-0.39, 0.29) is 10.2 Å². The van der Waals surface area contributed by atoms with Crippen LogP contribution in [0.15, 0.2) is 16.6 Å². The quantitative estimate of drug-likeness (QED) is 0.460. The zero-order valence-corrected chi connectivity index (χ0v) is 7.34. The van der Waals surface area contributed by atoms with E-state index in [1.165, 1.54) is 6.07 Å². The van der Waals surface area contributed by atoms with E-state index < -0.39 is 16.4 Å². The summed E-state index contributed by atoms with van der Waals surface area (Å²) in [5, 5.41) is 10.2. The number of rotatable bonds is 1. The van der Waals surface area contributed by atoms with E-state index in [1.54, 1.807) is 0 Å². The lowest BCUT2D eigenvalue weighted by atomic mass is 10.3. The van der Waals surface area contributed by atoms with Gasteiger partial charge in [-0.2, -0.15) is 4.39 Å². The Kier molecular flexibility index (Phi) is 2.27. The molecule has 0 atom stereocenters. The van der Waals surface area contributed by atoms with Crippen molar-refractivity contribution in [2.24, 2.45) is 0 Å². The van der Waals surface area contributed by atoms with Gasteiger partial charge in [-0.15, -0.1) is 0 Å². The summed E-state index contributed by atoms with van der Waals surface area (Å²) in [5.41, 5.74) is 4.83. The van der Waals surface area contributed by atoms with Gasteiger partial charge in [0.2, 0.25) is 5.82 Å². The molecule has 0 saturated carbocycles. The van der Waals surface area contributed by atoms with E-state index in [4.69, 9.17) is 5.73 Å². The first-order chi connectivity index (χ1) is 5.54. The average Bonchev–Trinajstić information content (AvgIpc) is 2.00. The Labute approximate surface area is 75.5 Å². The van der Waals surface area contributed by atoms with E-state index in [2.05, 4.69) is 15.9 Å². The van der Waals surface area contributed by atoms with Crippen LogP contribution in [0, 0.1) is 15.9 Å². The Balaban J connectivity index is 3.36. The molecule has 0 aromatic heterocycles. The van der Waals surface area contributed by atoms with E-state index in [0.717, 1.165) is 6.07 Å². The van der Waals surface area contributed by atoms with Gasteiger partial charge in [-0.3, -0.25) is 10.1 Å². The first kappa shape index (κ1) is 8.92. The molecule has 1 rings (SSSR count). The number of nitrogen functional groups attached to an aromatic ring is 1. The number of hydrogen-bond acceptors (Lipinski definition) is 3. The SMILES string of the molecule is Nc1ccc([N+](=O)[O-])c(F)c1Br. The summed E-state index contributed by atoms with van der Waals surface area (Å²) < 4.78 is 12.9. The van der Waals surface area contributed by atoms with Crippen LogP contribution in [0.2, 0.25) is 0 Å². The van der Waals surface area contributed by atoms with Crippen molar-refractivity contribution in [3.05, 3.63) is 32.5 Å². The summed E-state index contributed by atoms with van der Waals surface area (Å²) in [6.07, 6.45) is 0. The zero-order valence-electron chi connectivity index (χ0n) is 5.75. The molecule has 0 spiro atoms. The second-order valence-corrected chi connectivity index (χ2v) is 2.85. The molecule has 0 heterocycles. The molecule has 1 aromatic rings. The maximum absolute atomic E-state index is 12.9. The highest BCUT2D eigenvalue weighted by molar-refractivity contribution is 9.10. The van der Waals surface area contributed by atoms with Crippen LogP contribution in [0.3, 0.4) is 0 Å². The Morgan fingerprint density at radius 1 is 1.58 bits per heavy atom. The first-order valence-electron chi connectivity index (χ1n) is 2.92. The van der Waals surface area contributed by atoms with Gasteiger partial charge >= 0.3 is 5.69 Å². The van der Waals surface area contributed by atoms with Gasteiger partial charge in [0.25, 0.3) is 0 Å². The van der Waals surface area contributed by atoms with Crippen LogP contribution < -0.4 is 5.73 Å². The molecule has 1 aromatic carbocycles. The van der Waals surface area contributed by atoms with Crippen molar-refractivity contribution in [1.82, 2.24) is 0 Å². The zero-order chi connectivity index (χ0) is 9.30. The van der Waals surface area contributed by atoms with Crippen molar-refractivity contribution in [2.75, 3.05) is 5.73 Å².